The highest BCUT2D eigenvalue weighted by Crippen LogP contribution is 2.23. The fraction of sp³-hybridized carbons (Fsp3) is 0.357. The lowest BCUT2D eigenvalue weighted by molar-refractivity contribution is -0.385. The van der Waals surface area contributed by atoms with E-state index in [0.717, 1.165) is 25.0 Å². The first-order chi connectivity index (χ1) is 11.3. The summed E-state index contributed by atoms with van der Waals surface area (Å²) in [6.45, 7) is 1.60. The Morgan fingerprint density at radius 2 is 2.04 bits per heavy atom. The third-order valence-electron chi connectivity index (χ3n) is 2.78. The molecule has 1 aromatic rings. The molecular weight excluding hydrogens is 342 g/mol. The summed E-state index contributed by atoms with van der Waals surface area (Å²) in [6, 6.07) is 2.70. The smallest absolute Gasteiger partial charge is 0.345 e. The molecule has 0 saturated carbocycles. The van der Waals surface area contributed by atoms with Gasteiger partial charge in [-0.3, -0.25) is 20.2 Å². The van der Waals surface area contributed by atoms with Crippen LogP contribution in [0.3, 0.4) is 0 Å². The van der Waals surface area contributed by atoms with E-state index in [0.29, 0.717) is 6.54 Å². The van der Waals surface area contributed by atoms with E-state index in [2.05, 4.69) is 10.1 Å². The van der Waals surface area contributed by atoms with Crippen molar-refractivity contribution in [1.29, 1.82) is 0 Å². The Morgan fingerprint density at radius 3 is 2.67 bits per heavy atom. The topological polar surface area (TPSA) is 128 Å². The third-order valence-corrected chi connectivity index (χ3v) is 3.01. The van der Waals surface area contributed by atoms with Gasteiger partial charge in [0, 0.05) is 17.6 Å². The predicted octanol–water partition coefficient (Wildman–Crippen LogP) is 2.03. The van der Waals surface area contributed by atoms with Gasteiger partial charge in [-0.05, 0) is 18.6 Å². The van der Waals surface area contributed by atoms with Gasteiger partial charge in [-0.15, -0.1) is 0 Å². The molecule has 0 saturated heterocycles. The molecule has 0 aliphatic carbocycles. The van der Waals surface area contributed by atoms with Gasteiger partial charge in [0.1, 0.15) is 5.56 Å². The highest BCUT2D eigenvalue weighted by Gasteiger charge is 2.22. The molecule has 0 bridgehead atoms. The number of hydrogen-bond donors (Lipinski definition) is 2. The first kappa shape index (κ1) is 19.4. The Labute approximate surface area is 142 Å². The minimum atomic E-state index is -1.07. The van der Waals surface area contributed by atoms with Gasteiger partial charge in [0.05, 0.1) is 4.92 Å². The van der Waals surface area contributed by atoms with Crippen LogP contribution in [0.15, 0.2) is 18.2 Å². The molecular formula is C14H16ClN3O6. The number of benzene rings is 1. The number of esters is 1. The second-order valence-corrected chi connectivity index (χ2v) is 5.09. The molecule has 0 aromatic heterocycles. The second-order valence-electron chi connectivity index (χ2n) is 4.65. The molecule has 0 heterocycles. The number of ether oxygens (including phenoxy) is 1. The first-order valence-electron chi connectivity index (χ1n) is 7.04. The standard InChI is InChI=1S/C14H16ClN3O6/c1-2-3-6-16-14(21)17-12(19)8-24-13(20)10-5-4-9(15)7-11(10)18(22)23/h4-5,7H,2-3,6,8H2,1H3,(H2,16,17,19,21). The molecule has 0 spiro atoms. The number of carbonyl (C=O) groups is 3. The summed E-state index contributed by atoms with van der Waals surface area (Å²) in [6.07, 6.45) is 1.64. The number of carbonyl (C=O) groups excluding carboxylic acids is 3. The lowest BCUT2D eigenvalue weighted by atomic mass is 10.2. The molecule has 0 aliphatic heterocycles. The molecule has 0 atom stereocenters. The number of nitrogens with one attached hydrogen (secondary N) is 2. The summed E-state index contributed by atoms with van der Waals surface area (Å²) in [5.41, 5.74) is -0.880. The number of rotatable bonds is 7. The van der Waals surface area contributed by atoms with Gasteiger partial charge in [0.15, 0.2) is 6.61 Å². The molecule has 24 heavy (non-hydrogen) atoms. The summed E-state index contributed by atoms with van der Waals surface area (Å²) >= 11 is 5.64. The number of amides is 3. The van der Waals surface area contributed by atoms with E-state index in [1.807, 2.05) is 12.2 Å². The van der Waals surface area contributed by atoms with Crippen molar-refractivity contribution in [3.05, 3.63) is 38.9 Å². The molecule has 9 nitrogen and oxygen atoms in total. The van der Waals surface area contributed by atoms with E-state index in [1.165, 1.54) is 6.07 Å². The summed E-state index contributed by atoms with van der Waals surface area (Å²) in [7, 11) is 0. The SMILES string of the molecule is CCCCNC(=O)NC(=O)COC(=O)c1ccc(Cl)cc1[N+](=O)[O-]. The van der Waals surface area contributed by atoms with Crippen LogP contribution in [0.2, 0.25) is 5.02 Å². The number of unbranched alkanes of at least 4 members (excludes halogenated alkanes) is 1. The number of nitro groups is 1. The Kier molecular flexibility index (Phi) is 7.63. The van der Waals surface area contributed by atoms with Gasteiger partial charge < -0.3 is 10.1 Å². The van der Waals surface area contributed by atoms with Crippen LogP contribution in [0.5, 0.6) is 0 Å². The van der Waals surface area contributed by atoms with Gasteiger partial charge in [-0.25, -0.2) is 9.59 Å². The largest absolute Gasteiger partial charge is 0.452 e. The molecule has 1 rings (SSSR count). The molecule has 130 valence electrons. The minimum absolute atomic E-state index is 0.0831. The monoisotopic (exact) mass is 357 g/mol. The molecule has 0 fully saturated rings. The first-order valence-corrected chi connectivity index (χ1v) is 7.41. The van der Waals surface area contributed by atoms with Crippen molar-refractivity contribution in [3.8, 4) is 0 Å². The van der Waals surface area contributed by atoms with E-state index in [4.69, 9.17) is 11.6 Å². The van der Waals surface area contributed by atoms with Crippen molar-refractivity contribution in [2.75, 3.05) is 13.2 Å². The van der Waals surface area contributed by atoms with Crippen LogP contribution in [0.1, 0.15) is 30.1 Å². The molecule has 10 heteroatoms. The fourth-order valence-corrected chi connectivity index (χ4v) is 1.79. The summed E-state index contributed by atoms with van der Waals surface area (Å²) in [5.74, 6) is -1.92. The summed E-state index contributed by atoms with van der Waals surface area (Å²) < 4.78 is 4.67. The normalized spacial score (nSPS) is 9.92. The zero-order valence-electron chi connectivity index (χ0n) is 12.8. The Balaban J connectivity index is 2.56. The maximum Gasteiger partial charge on any atom is 0.345 e. The highest BCUT2D eigenvalue weighted by atomic mass is 35.5. The zero-order chi connectivity index (χ0) is 18.1. The fourth-order valence-electron chi connectivity index (χ4n) is 1.62. The van der Waals surface area contributed by atoms with Crippen molar-refractivity contribution in [2.45, 2.75) is 19.8 Å². The average molecular weight is 358 g/mol. The quantitative estimate of drug-likeness (QED) is 0.332. The minimum Gasteiger partial charge on any atom is -0.452 e. The molecule has 2 N–H and O–H groups in total. The van der Waals surface area contributed by atoms with Crippen molar-refractivity contribution in [3.63, 3.8) is 0 Å². The summed E-state index contributed by atoms with van der Waals surface area (Å²) in [5, 5.41) is 15.4. The van der Waals surface area contributed by atoms with Gasteiger partial charge in [-0.1, -0.05) is 24.9 Å². The van der Waals surface area contributed by atoms with Crippen LogP contribution < -0.4 is 10.6 Å². The van der Waals surface area contributed by atoms with E-state index in [1.54, 1.807) is 0 Å². The summed E-state index contributed by atoms with van der Waals surface area (Å²) in [4.78, 5) is 44.8. The van der Waals surface area contributed by atoms with Gasteiger partial charge in [0.2, 0.25) is 0 Å². The maximum absolute atomic E-state index is 11.8. The Bertz CT molecular complexity index is 649. The highest BCUT2D eigenvalue weighted by molar-refractivity contribution is 6.31. The van der Waals surface area contributed by atoms with E-state index >= 15 is 0 Å². The molecule has 3 amide bonds. The van der Waals surface area contributed by atoms with Crippen LogP contribution in [0.25, 0.3) is 0 Å². The second kappa shape index (κ2) is 9.46. The molecule has 1 aromatic carbocycles. The van der Waals surface area contributed by atoms with Crippen molar-refractivity contribution in [2.24, 2.45) is 0 Å². The van der Waals surface area contributed by atoms with Crippen LogP contribution in [-0.2, 0) is 9.53 Å². The van der Waals surface area contributed by atoms with Gasteiger partial charge in [-0.2, -0.15) is 0 Å². The number of imide groups is 1. The predicted molar refractivity (Wildman–Crippen MR) is 84.8 cm³/mol. The van der Waals surface area contributed by atoms with Crippen molar-refractivity contribution in [1.82, 2.24) is 10.6 Å². The van der Waals surface area contributed by atoms with Gasteiger partial charge >= 0.3 is 12.0 Å². The number of nitrogens with zero attached hydrogens (tertiary/aromatic N) is 1. The van der Waals surface area contributed by atoms with E-state index in [9.17, 15) is 24.5 Å². The Hall–Kier alpha value is -2.68. The number of halogens is 1. The van der Waals surface area contributed by atoms with Gasteiger partial charge in [0.25, 0.3) is 11.6 Å². The lowest BCUT2D eigenvalue weighted by Crippen LogP contribution is -2.41. The third kappa shape index (κ3) is 6.21. The van der Waals surface area contributed by atoms with Crippen molar-refractivity contribution < 1.29 is 24.0 Å². The average Bonchev–Trinajstić information content (AvgIpc) is 2.52. The Morgan fingerprint density at radius 1 is 1.33 bits per heavy atom. The molecule has 0 unspecified atom stereocenters. The maximum atomic E-state index is 11.8. The number of hydrogen-bond acceptors (Lipinski definition) is 6. The molecule has 0 radical (unpaired) electrons. The van der Waals surface area contributed by atoms with E-state index < -0.39 is 35.1 Å². The van der Waals surface area contributed by atoms with Crippen LogP contribution in [-0.4, -0.2) is 36.0 Å². The molecule has 0 aliphatic rings. The zero-order valence-corrected chi connectivity index (χ0v) is 13.6. The number of nitro benzene ring substituents is 1. The lowest BCUT2D eigenvalue weighted by Gasteiger charge is -2.07. The van der Waals surface area contributed by atoms with Crippen LogP contribution >= 0.6 is 11.6 Å². The van der Waals surface area contributed by atoms with Crippen LogP contribution in [0, 0.1) is 10.1 Å². The van der Waals surface area contributed by atoms with Crippen LogP contribution in [0.4, 0.5) is 10.5 Å². The number of urea groups is 1. The van der Waals surface area contributed by atoms with E-state index in [-0.39, 0.29) is 10.6 Å². The van der Waals surface area contributed by atoms with Crippen molar-refractivity contribution >= 4 is 35.2 Å².